The second-order valence-electron chi connectivity index (χ2n) is 5.02. The highest BCUT2D eigenvalue weighted by Crippen LogP contribution is 2.22. The number of carbonyl (C=O) groups excluding carboxylic acids is 1. The van der Waals surface area contributed by atoms with Gasteiger partial charge in [-0.15, -0.1) is 0 Å². The molecule has 24 heavy (non-hydrogen) atoms. The number of amides is 1. The first-order chi connectivity index (χ1) is 11.1. The number of hydrogen-bond acceptors (Lipinski definition) is 6. The summed E-state index contributed by atoms with van der Waals surface area (Å²) in [6, 6.07) is 5.46. The Balaban J connectivity index is 2.69. The minimum atomic E-state index is -4.59. The van der Waals surface area contributed by atoms with Gasteiger partial charge in [-0.2, -0.15) is 8.42 Å². The number of aromatic nitrogens is 2. The van der Waals surface area contributed by atoms with Crippen molar-refractivity contribution in [3.63, 3.8) is 0 Å². The van der Waals surface area contributed by atoms with Gasteiger partial charge in [0.25, 0.3) is 11.5 Å². The average molecular weight is 353 g/mol. The van der Waals surface area contributed by atoms with Crippen molar-refractivity contribution < 1.29 is 17.4 Å². The van der Waals surface area contributed by atoms with E-state index in [1.807, 2.05) is 0 Å². The van der Waals surface area contributed by atoms with Gasteiger partial charge in [-0.1, -0.05) is 12.1 Å². The Morgan fingerprint density at radius 1 is 1.12 bits per heavy atom. The molecule has 0 radical (unpaired) electrons. The smallest absolute Gasteiger partial charge is 0.346 e. The molecule has 0 aliphatic rings. The Morgan fingerprint density at radius 3 is 2.29 bits per heavy atom. The van der Waals surface area contributed by atoms with Crippen LogP contribution in [0.15, 0.2) is 38.8 Å². The summed E-state index contributed by atoms with van der Waals surface area (Å²) in [5.74, 6) is -1.19. The van der Waals surface area contributed by atoms with E-state index in [0.29, 0.717) is 4.57 Å². The molecule has 10 heteroatoms. The van der Waals surface area contributed by atoms with Crippen LogP contribution in [0, 0.1) is 6.92 Å². The van der Waals surface area contributed by atoms with Gasteiger partial charge < -0.3 is 9.92 Å². The normalized spacial score (nSPS) is 11.3. The van der Waals surface area contributed by atoms with Crippen molar-refractivity contribution in [3.05, 3.63) is 56.4 Å². The van der Waals surface area contributed by atoms with Crippen LogP contribution in [0.2, 0.25) is 0 Å². The van der Waals surface area contributed by atoms with Gasteiger partial charge >= 0.3 is 15.8 Å². The van der Waals surface area contributed by atoms with Crippen molar-refractivity contribution in [1.29, 1.82) is 0 Å². The van der Waals surface area contributed by atoms with E-state index in [-0.39, 0.29) is 17.0 Å². The summed E-state index contributed by atoms with van der Waals surface area (Å²) < 4.78 is 31.7. The lowest BCUT2D eigenvalue weighted by molar-refractivity contribution is 0.0999. The SMILES string of the molecule is Cc1c(S(=O)(=O)Oc2ccccc2C(N)=O)c(=O)n(C)c(=O)n1C. The lowest BCUT2D eigenvalue weighted by Crippen LogP contribution is -2.42. The van der Waals surface area contributed by atoms with Crippen LogP contribution in [0.1, 0.15) is 16.1 Å². The van der Waals surface area contributed by atoms with Crippen LogP contribution in [0.3, 0.4) is 0 Å². The molecular formula is C14H15N3O6S. The highest BCUT2D eigenvalue weighted by molar-refractivity contribution is 7.87. The van der Waals surface area contributed by atoms with E-state index in [1.54, 1.807) is 0 Å². The zero-order chi connectivity index (χ0) is 18.2. The fourth-order valence-corrected chi connectivity index (χ4v) is 3.42. The van der Waals surface area contributed by atoms with Crippen LogP contribution in [0.25, 0.3) is 0 Å². The van der Waals surface area contributed by atoms with E-state index >= 15 is 0 Å². The Hall–Kier alpha value is -2.88. The quantitative estimate of drug-likeness (QED) is 0.720. The van der Waals surface area contributed by atoms with Crippen molar-refractivity contribution >= 4 is 16.0 Å². The van der Waals surface area contributed by atoms with Gasteiger partial charge in [0.2, 0.25) is 0 Å². The molecule has 1 aromatic carbocycles. The molecule has 0 bridgehead atoms. The number of benzene rings is 1. The van der Waals surface area contributed by atoms with E-state index in [1.165, 1.54) is 38.2 Å². The molecule has 9 nitrogen and oxygen atoms in total. The molecule has 1 heterocycles. The molecule has 0 saturated heterocycles. The van der Waals surface area contributed by atoms with Crippen molar-refractivity contribution in [2.45, 2.75) is 11.8 Å². The summed E-state index contributed by atoms with van der Waals surface area (Å²) in [6.07, 6.45) is 0. The van der Waals surface area contributed by atoms with Crippen LogP contribution in [-0.4, -0.2) is 23.5 Å². The molecule has 0 aliphatic carbocycles. The molecule has 1 aromatic heterocycles. The first-order valence-corrected chi connectivity index (χ1v) is 8.08. The standard InChI is InChI=1S/C14H15N3O6S/c1-8-11(13(19)17(3)14(20)16(8)2)24(21,22)23-10-7-5-4-6-9(10)12(15)18/h4-7H,1-3H3,(H2,15,18). The number of nitrogens with two attached hydrogens (primary N) is 1. The molecule has 0 fully saturated rings. The van der Waals surface area contributed by atoms with E-state index in [9.17, 15) is 22.8 Å². The van der Waals surface area contributed by atoms with Crippen LogP contribution in [0.5, 0.6) is 5.75 Å². The topological polar surface area (TPSA) is 130 Å². The van der Waals surface area contributed by atoms with Crippen LogP contribution in [-0.2, 0) is 24.2 Å². The highest BCUT2D eigenvalue weighted by atomic mass is 32.2. The summed E-state index contributed by atoms with van der Waals surface area (Å²) >= 11 is 0. The molecule has 2 rings (SSSR count). The summed E-state index contributed by atoms with van der Waals surface area (Å²) in [6.45, 7) is 1.30. The molecular weight excluding hydrogens is 338 g/mol. The molecule has 2 aromatic rings. The Bertz CT molecular complexity index is 1050. The summed E-state index contributed by atoms with van der Waals surface area (Å²) in [5, 5.41) is 0. The van der Waals surface area contributed by atoms with Gasteiger partial charge in [-0.25, -0.2) is 4.79 Å². The predicted octanol–water partition coefficient (Wildman–Crippen LogP) is -0.741. The Labute approximate surface area is 137 Å². The number of para-hydroxylation sites is 1. The molecule has 0 saturated carbocycles. The third-order valence-electron chi connectivity index (χ3n) is 3.51. The number of primary amides is 1. The van der Waals surface area contributed by atoms with Gasteiger partial charge in [0.1, 0.15) is 0 Å². The van der Waals surface area contributed by atoms with Crippen molar-refractivity contribution in [1.82, 2.24) is 9.13 Å². The number of hydrogen-bond donors (Lipinski definition) is 1. The van der Waals surface area contributed by atoms with Gasteiger partial charge in [-0.3, -0.25) is 18.7 Å². The van der Waals surface area contributed by atoms with Crippen molar-refractivity contribution in [2.75, 3.05) is 0 Å². The van der Waals surface area contributed by atoms with E-state index in [2.05, 4.69) is 0 Å². The fraction of sp³-hybridized carbons (Fsp3) is 0.214. The maximum Gasteiger partial charge on any atom is 0.346 e. The predicted molar refractivity (Wildman–Crippen MR) is 84.4 cm³/mol. The van der Waals surface area contributed by atoms with Gasteiger partial charge in [-0.05, 0) is 19.1 Å². The molecule has 0 spiro atoms. The van der Waals surface area contributed by atoms with E-state index in [4.69, 9.17) is 9.92 Å². The second kappa shape index (κ2) is 5.96. The molecule has 1 amide bonds. The molecule has 2 N–H and O–H groups in total. The number of rotatable bonds is 4. The molecule has 0 unspecified atom stereocenters. The van der Waals surface area contributed by atoms with Crippen molar-refractivity contribution in [2.24, 2.45) is 19.8 Å². The third kappa shape index (κ3) is 2.83. The fourth-order valence-electron chi connectivity index (χ4n) is 2.11. The minimum Gasteiger partial charge on any atom is -0.378 e. The lowest BCUT2D eigenvalue weighted by Gasteiger charge is -2.13. The molecule has 0 aliphatic heterocycles. The van der Waals surface area contributed by atoms with Crippen molar-refractivity contribution in [3.8, 4) is 5.75 Å². The molecule has 0 atom stereocenters. The summed E-state index contributed by atoms with van der Waals surface area (Å²) in [4.78, 5) is 34.7. The van der Waals surface area contributed by atoms with Gasteiger partial charge in [0.15, 0.2) is 10.6 Å². The van der Waals surface area contributed by atoms with Gasteiger partial charge in [0, 0.05) is 19.8 Å². The number of nitrogens with zero attached hydrogens (tertiary/aromatic N) is 2. The molecule has 128 valence electrons. The highest BCUT2D eigenvalue weighted by Gasteiger charge is 2.28. The Morgan fingerprint density at radius 2 is 1.71 bits per heavy atom. The zero-order valence-electron chi connectivity index (χ0n) is 13.1. The monoisotopic (exact) mass is 353 g/mol. The second-order valence-corrected chi connectivity index (χ2v) is 6.50. The maximum absolute atomic E-state index is 12.5. The minimum absolute atomic E-state index is 0.0837. The van der Waals surface area contributed by atoms with E-state index < -0.39 is 32.2 Å². The first kappa shape index (κ1) is 17.5. The summed E-state index contributed by atoms with van der Waals surface area (Å²) in [7, 11) is -2.11. The largest absolute Gasteiger partial charge is 0.378 e. The van der Waals surface area contributed by atoms with Gasteiger partial charge in [0.05, 0.1) is 5.56 Å². The van der Waals surface area contributed by atoms with Crippen LogP contribution >= 0.6 is 0 Å². The van der Waals surface area contributed by atoms with Crippen LogP contribution < -0.4 is 21.2 Å². The number of carbonyl (C=O) groups is 1. The Kier molecular flexibility index (Phi) is 4.34. The average Bonchev–Trinajstić information content (AvgIpc) is 2.50. The first-order valence-electron chi connectivity index (χ1n) is 6.68. The van der Waals surface area contributed by atoms with E-state index in [0.717, 1.165) is 11.6 Å². The summed E-state index contributed by atoms with van der Waals surface area (Å²) in [5.41, 5.74) is 3.25. The lowest BCUT2D eigenvalue weighted by atomic mass is 10.2. The van der Waals surface area contributed by atoms with Crippen LogP contribution in [0.4, 0.5) is 0 Å². The third-order valence-corrected chi connectivity index (χ3v) is 4.88. The zero-order valence-corrected chi connectivity index (χ0v) is 14.0. The maximum atomic E-state index is 12.5.